The highest BCUT2D eigenvalue weighted by Gasteiger charge is 2.04. The standard InChI is InChI=1S/C15H24O3/c1-12(2)14-6-5-13(3)15(11-14)18-10-9-17-8-7-16-4/h5-6,11-12H,7-10H2,1-4H3. The Hall–Kier alpha value is -1.06. The van der Waals surface area contributed by atoms with Crippen molar-refractivity contribution in [1.82, 2.24) is 0 Å². The number of hydrogen-bond donors (Lipinski definition) is 0. The van der Waals surface area contributed by atoms with Gasteiger partial charge >= 0.3 is 0 Å². The SMILES string of the molecule is COCCOCCOc1cc(C(C)C)ccc1C. The summed E-state index contributed by atoms with van der Waals surface area (Å²) in [6.45, 7) is 8.84. The van der Waals surface area contributed by atoms with Crippen LogP contribution in [0, 0.1) is 6.92 Å². The number of methoxy groups -OCH3 is 1. The zero-order valence-electron chi connectivity index (χ0n) is 11.9. The maximum absolute atomic E-state index is 5.74. The fourth-order valence-electron chi connectivity index (χ4n) is 1.59. The second-order valence-corrected chi connectivity index (χ2v) is 4.63. The highest BCUT2D eigenvalue weighted by atomic mass is 16.5. The predicted octanol–water partition coefficient (Wildman–Crippen LogP) is 3.16. The molecule has 102 valence electrons. The van der Waals surface area contributed by atoms with Gasteiger partial charge in [-0.05, 0) is 30.0 Å². The largest absolute Gasteiger partial charge is 0.491 e. The van der Waals surface area contributed by atoms with Gasteiger partial charge in [-0.2, -0.15) is 0 Å². The Kier molecular flexibility index (Phi) is 6.76. The fraction of sp³-hybridized carbons (Fsp3) is 0.600. The Balaban J connectivity index is 2.39. The molecule has 0 saturated heterocycles. The lowest BCUT2D eigenvalue weighted by molar-refractivity contribution is 0.0543. The van der Waals surface area contributed by atoms with Crippen molar-refractivity contribution in [3.05, 3.63) is 29.3 Å². The molecule has 0 aromatic heterocycles. The number of benzene rings is 1. The predicted molar refractivity (Wildman–Crippen MR) is 73.5 cm³/mol. The lowest BCUT2D eigenvalue weighted by Crippen LogP contribution is -2.10. The molecule has 0 aliphatic rings. The van der Waals surface area contributed by atoms with E-state index in [1.165, 1.54) is 5.56 Å². The molecule has 0 spiro atoms. The summed E-state index contributed by atoms with van der Waals surface area (Å²) in [5.74, 6) is 1.47. The van der Waals surface area contributed by atoms with E-state index >= 15 is 0 Å². The van der Waals surface area contributed by atoms with Crippen molar-refractivity contribution in [2.45, 2.75) is 26.7 Å². The van der Waals surface area contributed by atoms with Crippen LogP contribution in [0.25, 0.3) is 0 Å². The summed E-state index contributed by atoms with van der Waals surface area (Å²) < 4.78 is 16.0. The lowest BCUT2D eigenvalue weighted by atomic mass is 10.0. The molecular formula is C15H24O3. The van der Waals surface area contributed by atoms with Crippen LogP contribution in [0.15, 0.2) is 18.2 Å². The summed E-state index contributed by atoms with van der Waals surface area (Å²) in [7, 11) is 1.67. The molecule has 0 radical (unpaired) electrons. The molecule has 1 rings (SSSR count). The van der Waals surface area contributed by atoms with Crippen molar-refractivity contribution in [1.29, 1.82) is 0 Å². The molecule has 0 aliphatic heterocycles. The summed E-state index contributed by atoms with van der Waals surface area (Å²) in [5, 5.41) is 0. The second-order valence-electron chi connectivity index (χ2n) is 4.63. The van der Waals surface area contributed by atoms with Crippen molar-refractivity contribution in [2.24, 2.45) is 0 Å². The van der Waals surface area contributed by atoms with Gasteiger partial charge in [-0.25, -0.2) is 0 Å². The molecular weight excluding hydrogens is 228 g/mol. The highest BCUT2D eigenvalue weighted by Crippen LogP contribution is 2.24. The monoisotopic (exact) mass is 252 g/mol. The summed E-state index contributed by atoms with van der Waals surface area (Å²) in [4.78, 5) is 0. The Bertz CT molecular complexity index is 348. The first-order chi connectivity index (χ1) is 8.65. The zero-order valence-corrected chi connectivity index (χ0v) is 11.9. The maximum atomic E-state index is 5.74. The van der Waals surface area contributed by atoms with Crippen molar-refractivity contribution in [2.75, 3.05) is 33.5 Å². The van der Waals surface area contributed by atoms with Gasteiger partial charge in [0.2, 0.25) is 0 Å². The van der Waals surface area contributed by atoms with Gasteiger partial charge in [0.1, 0.15) is 12.4 Å². The van der Waals surface area contributed by atoms with Crippen LogP contribution in [0.1, 0.15) is 30.9 Å². The smallest absolute Gasteiger partial charge is 0.122 e. The first-order valence-electron chi connectivity index (χ1n) is 6.45. The number of aryl methyl sites for hydroxylation is 1. The summed E-state index contributed by atoms with van der Waals surface area (Å²) in [6.07, 6.45) is 0. The lowest BCUT2D eigenvalue weighted by Gasteiger charge is -2.13. The third kappa shape index (κ3) is 5.07. The van der Waals surface area contributed by atoms with Crippen LogP contribution in [-0.4, -0.2) is 33.5 Å². The number of rotatable bonds is 8. The van der Waals surface area contributed by atoms with Gasteiger partial charge in [0, 0.05) is 7.11 Å². The van der Waals surface area contributed by atoms with Gasteiger partial charge in [0.15, 0.2) is 0 Å². The summed E-state index contributed by atoms with van der Waals surface area (Å²) in [5.41, 5.74) is 2.46. The van der Waals surface area contributed by atoms with E-state index in [0.29, 0.717) is 32.3 Å². The van der Waals surface area contributed by atoms with Crippen LogP contribution in [0.5, 0.6) is 5.75 Å². The van der Waals surface area contributed by atoms with Gasteiger partial charge in [-0.1, -0.05) is 26.0 Å². The first-order valence-corrected chi connectivity index (χ1v) is 6.45. The topological polar surface area (TPSA) is 27.7 Å². The normalized spacial score (nSPS) is 10.9. The Morgan fingerprint density at radius 1 is 1.06 bits per heavy atom. The molecule has 3 heteroatoms. The molecule has 0 unspecified atom stereocenters. The quantitative estimate of drug-likeness (QED) is 0.665. The van der Waals surface area contributed by atoms with Crippen molar-refractivity contribution in [3.8, 4) is 5.75 Å². The molecule has 0 saturated carbocycles. The maximum Gasteiger partial charge on any atom is 0.122 e. The van der Waals surface area contributed by atoms with E-state index in [-0.39, 0.29) is 0 Å². The number of hydrogen-bond acceptors (Lipinski definition) is 3. The van der Waals surface area contributed by atoms with Crippen molar-refractivity contribution < 1.29 is 14.2 Å². The molecule has 18 heavy (non-hydrogen) atoms. The molecule has 0 atom stereocenters. The Morgan fingerprint density at radius 2 is 1.78 bits per heavy atom. The fourth-order valence-corrected chi connectivity index (χ4v) is 1.59. The van der Waals surface area contributed by atoms with Crippen LogP contribution >= 0.6 is 0 Å². The Morgan fingerprint density at radius 3 is 2.44 bits per heavy atom. The minimum atomic E-state index is 0.519. The molecule has 0 heterocycles. The first kappa shape index (κ1) is 15.0. The van der Waals surface area contributed by atoms with Gasteiger partial charge in [0.05, 0.1) is 19.8 Å². The van der Waals surface area contributed by atoms with Crippen LogP contribution in [0.4, 0.5) is 0 Å². The van der Waals surface area contributed by atoms with E-state index in [9.17, 15) is 0 Å². The van der Waals surface area contributed by atoms with E-state index in [0.717, 1.165) is 11.3 Å². The van der Waals surface area contributed by atoms with Crippen LogP contribution in [0.2, 0.25) is 0 Å². The zero-order chi connectivity index (χ0) is 13.4. The number of ether oxygens (including phenoxy) is 3. The van der Waals surface area contributed by atoms with Crippen LogP contribution in [0.3, 0.4) is 0 Å². The third-order valence-corrected chi connectivity index (χ3v) is 2.80. The Labute approximate surface area is 110 Å². The molecule has 0 aliphatic carbocycles. The van der Waals surface area contributed by atoms with Gasteiger partial charge in [-0.15, -0.1) is 0 Å². The average molecular weight is 252 g/mol. The van der Waals surface area contributed by atoms with E-state index < -0.39 is 0 Å². The molecule has 0 fully saturated rings. The van der Waals surface area contributed by atoms with Gasteiger partial charge in [-0.3, -0.25) is 0 Å². The van der Waals surface area contributed by atoms with Crippen LogP contribution in [-0.2, 0) is 9.47 Å². The molecule has 0 N–H and O–H groups in total. The highest BCUT2D eigenvalue weighted by molar-refractivity contribution is 5.37. The van der Waals surface area contributed by atoms with Gasteiger partial charge < -0.3 is 14.2 Å². The second kappa shape index (κ2) is 8.11. The summed E-state index contributed by atoms with van der Waals surface area (Å²) >= 11 is 0. The molecule has 0 amide bonds. The van der Waals surface area contributed by atoms with E-state index in [4.69, 9.17) is 14.2 Å². The van der Waals surface area contributed by atoms with Gasteiger partial charge in [0.25, 0.3) is 0 Å². The minimum absolute atomic E-state index is 0.519. The van der Waals surface area contributed by atoms with Crippen molar-refractivity contribution >= 4 is 0 Å². The van der Waals surface area contributed by atoms with E-state index in [2.05, 4.69) is 39.0 Å². The molecule has 1 aromatic rings. The van der Waals surface area contributed by atoms with E-state index in [1.807, 2.05) is 0 Å². The van der Waals surface area contributed by atoms with E-state index in [1.54, 1.807) is 7.11 Å². The molecule has 0 bridgehead atoms. The average Bonchev–Trinajstić information content (AvgIpc) is 2.35. The van der Waals surface area contributed by atoms with Crippen molar-refractivity contribution in [3.63, 3.8) is 0 Å². The minimum Gasteiger partial charge on any atom is -0.491 e. The molecule has 1 aromatic carbocycles. The molecule has 3 nitrogen and oxygen atoms in total. The summed E-state index contributed by atoms with van der Waals surface area (Å²) in [6, 6.07) is 6.38. The van der Waals surface area contributed by atoms with Crippen LogP contribution < -0.4 is 4.74 Å². The third-order valence-electron chi connectivity index (χ3n) is 2.80.